The van der Waals surface area contributed by atoms with Crippen LogP contribution < -0.4 is 5.32 Å². The van der Waals surface area contributed by atoms with E-state index >= 15 is 0 Å². The maximum Gasteiger partial charge on any atom is 0.265 e. The Labute approximate surface area is 168 Å². The molecule has 0 saturated heterocycles. The highest BCUT2D eigenvalue weighted by molar-refractivity contribution is 7.17. The van der Waals surface area contributed by atoms with Crippen LogP contribution in [0.4, 0.5) is 10.1 Å². The van der Waals surface area contributed by atoms with Gasteiger partial charge in [-0.2, -0.15) is 4.68 Å². The molecule has 28 heavy (non-hydrogen) atoms. The summed E-state index contributed by atoms with van der Waals surface area (Å²) in [5.74, 6) is -0.387. The van der Waals surface area contributed by atoms with Crippen LogP contribution in [0, 0.1) is 12.7 Å². The fraction of sp³-hybridized carbons (Fsp3) is 0.0526. The van der Waals surface area contributed by atoms with Crippen LogP contribution in [-0.4, -0.2) is 26.1 Å². The highest BCUT2D eigenvalue weighted by Crippen LogP contribution is 2.30. The summed E-state index contributed by atoms with van der Waals surface area (Å²) >= 11 is 7.22. The zero-order chi connectivity index (χ0) is 19.7. The Bertz CT molecular complexity index is 1160. The fourth-order valence-corrected chi connectivity index (χ4v) is 3.66. The van der Waals surface area contributed by atoms with Gasteiger partial charge in [0.2, 0.25) is 0 Å². The lowest BCUT2D eigenvalue weighted by Gasteiger charge is -2.08. The first-order chi connectivity index (χ1) is 13.5. The molecule has 1 N–H and O–H groups in total. The Morgan fingerprint density at radius 1 is 1.14 bits per heavy atom. The minimum Gasteiger partial charge on any atom is -0.319 e. The van der Waals surface area contributed by atoms with Gasteiger partial charge < -0.3 is 5.32 Å². The average molecular weight is 414 g/mol. The minimum atomic E-state index is -0.544. The van der Waals surface area contributed by atoms with Crippen LogP contribution in [0.2, 0.25) is 5.02 Å². The van der Waals surface area contributed by atoms with Crippen LogP contribution in [-0.2, 0) is 0 Å². The topological polar surface area (TPSA) is 72.7 Å². The number of nitrogens with one attached hydrogen (secondary N) is 1. The molecule has 140 valence electrons. The molecular weight excluding hydrogens is 401 g/mol. The Morgan fingerprint density at radius 2 is 1.93 bits per heavy atom. The van der Waals surface area contributed by atoms with Gasteiger partial charge in [-0.1, -0.05) is 23.7 Å². The second-order valence-corrected chi connectivity index (χ2v) is 7.45. The van der Waals surface area contributed by atoms with Gasteiger partial charge in [0.15, 0.2) is 5.82 Å². The normalized spacial score (nSPS) is 10.8. The van der Waals surface area contributed by atoms with Crippen LogP contribution >= 0.6 is 22.9 Å². The summed E-state index contributed by atoms with van der Waals surface area (Å²) in [6.45, 7) is 1.73. The number of halogens is 2. The molecule has 6 nitrogen and oxygen atoms in total. The first-order valence-electron chi connectivity index (χ1n) is 8.23. The number of aromatic nitrogens is 4. The lowest BCUT2D eigenvalue weighted by Crippen LogP contribution is -2.12. The number of thiophene rings is 1. The SMILES string of the molecule is Cc1nnnn1-c1ccc(F)c(NC(=O)c2ccc(-c3ccc(Cl)cc3)s2)c1. The van der Waals surface area contributed by atoms with E-state index in [9.17, 15) is 9.18 Å². The van der Waals surface area contributed by atoms with Gasteiger partial charge in [-0.25, -0.2) is 4.39 Å². The number of nitrogens with zero attached hydrogens (tertiary/aromatic N) is 4. The lowest BCUT2D eigenvalue weighted by atomic mass is 10.2. The van der Waals surface area contributed by atoms with E-state index in [0.29, 0.717) is 21.4 Å². The zero-order valence-corrected chi connectivity index (χ0v) is 16.1. The molecule has 0 unspecified atom stereocenters. The molecule has 0 radical (unpaired) electrons. The molecule has 9 heteroatoms. The van der Waals surface area contributed by atoms with Crippen molar-refractivity contribution in [2.24, 2.45) is 0 Å². The molecule has 0 aliphatic carbocycles. The summed E-state index contributed by atoms with van der Waals surface area (Å²) in [5.41, 5.74) is 1.56. The van der Waals surface area contributed by atoms with Crippen molar-refractivity contribution < 1.29 is 9.18 Å². The number of rotatable bonds is 4. The predicted molar refractivity (Wildman–Crippen MR) is 107 cm³/mol. The van der Waals surface area contributed by atoms with Crippen LogP contribution in [0.5, 0.6) is 0 Å². The summed E-state index contributed by atoms with van der Waals surface area (Å²) in [5, 5.41) is 14.5. The predicted octanol–water partition coefficient (Wildman–Crippen LogP) is 4.74. The lowest BCUT2D eigenvalue weighted by molar-refractivity contribution is 0.103. The van der Waals surface area contributed by atoms with Gasteiger partial charge in [-0.3, -0.25) is 4.79 Å². The van der Waals surface area contributed by atoms with Gasteiger partial charge in [0.1, 0.15) is 5.82 Å². The molecule has 0 saturated carbocycles. The van der Waals surface area contributed by atoms with Crippen molar-refractivity contribution in [1.29, 1.82) is 0 Å². The standard InChI is InChI=1S/C19H13ClFN5OS/c1-11-23-24-25-26(11)14-6-7-15(21)16(10-14)22-19(27)18-9-8-17(28-18)12-2-4-13(20)5-3-12/h2-10H,1H3,(H,22,27). The smallest absolute Gasteiger partial charge is 0.265 e. The van der Waals surface area contributed by atoms with Crippen molar-refractivity contribution in [1.82, 2.24) is 20.2 Å². The molecule has 0 atom stereocenters. The van der Waals surface area contributed by atoms with Gasteiger partial charge in [-0.05, 0) is 65.4 Å². The van der Waals surface area contributed by atoms with E-state index in [1.165, 1.54) is 34.2 Å². The van der Waals surface area contributed by atoms with Gasteiger partial charge in [0, 0.05) is 9.90 Å². The highest BCUT2D eigenvalue weighted by Gasteiger charge is 2.14. The van der Waals surface area contributed by atoms with Crippen molar-refractivity contribution in [3.63, 3.8) is 0 Å². The van der Waals surface area contributed by atoms with Crippen LogP contribution in [0.3, 0.4) is 0 Å². The molecule has 4 aromatic rings. The van der Waals surface area contributed by atoms with Crippen molar-refractivity contribution in [3.8, 4) is 16.1 Å². The third kappa shape index (κ3) is 3.64. The number of carbonyl (C=O) groups excluding carboxylic acids is 1. The molecule has 0 fully saturated rings. The van der Waals surface area contributed by atoms with E-state index in [4.69, 9.17) is 11.6 Å². The summed E-state index contributed by atoms with van der Waals surface area (Å²) in [4.78, 5) is 14.0. The van der Waals surface area contributed by atoms with E-state index < -0.39 is 11.7 Å². The molecule has 0 spiro atoms. The van der Waals surface area contributed by atoms with E-state index in [2.05, 4.69) is 20.8 Å². The number of amides is 1. The Kier molecular flexibility index (Phi) is 4.89. The van der Waals surface area contributed by atoms with E-state index in [1.54, 1.807) is 25.1 Å². The molecule has 1 amide bonds. The third-order valence-electron chi connectivity index (χ3n) is 4.03. The van der Waals surface area contributed by atoms with E-state index in [0.717, 1.165) is 10.4 Å². The van der Waals surface area contributed by atoms with Crippen molar-refractivity contribution >= 4 is 34.5 Å². The van der Waals surface area contributed by atoms with Crippen LogP contribution in [0.1, 0.15) is 15.5 Å². The first kappa shape index (κ1) is 18.3. The second-order valence-electron chi connectivity index (χ2n) is 5.93. The quantitative estimate of drug-likeness (QED) is 0.524. The summed E-state index contributed by atoms with van der Waals surface area (Å²) in [6.07, 6.45) is 0. The molecular formula is C19H13ClFN5OS. The molecule has 0 aliphatic rings. The van der Waals surface area contributed by atoms with Gasteiger partial charge in [-0.15, -0.1) is 16.4 Å². The Balaban J connectivity index is 1.57. The van der Waals surface area contributed by atoms with Crippen molar-refractivity contribution in [3.05, 3.63) is 76.1 Å². The molecule has 2 aromatic carbocycles. The van der Waals surface area contributed by atoms with E-state index in [-0.39, 0.29) is 5.69 Å². The summed E-state index contributed by atoms with van der Waals surface area (Å²) in [7, 11) is 0. The number of tetrazole rings is 1. The fourth-order valence-electron chi connectivity index (χ4n) is 2.62. The van der Waals surface area contributed by atoms with Gasteiger partial charge >= 0.3 is 0 Å². The van der Waals surface area contributed by atoms with E-state index in [1.807, 2.05) is 18.2 Å². The number of hydrogen-bond donors (Lipinski definition) is 1. The van der Waals surface area contributed by atoms with Gasteiger partial charge in [0.25, 0.3) is 5.91 Å². The molecule has 0 aliphatic heterocycles. The highest BCUT2D eigenvalue weighted by atomic mass is 35.5. The Morgan fingerprint density at radius 3 is 2.64 bits per heavy atom. The number of carbonyl (C=O) groups is 1. The van der Waals surface area contributed by atoms with Crippen molar-refractivity contribution in [2.45, 2.75) is 6.92 Å². The van der Waals surface area contributed by atoms with Crippen molar-refractivity contribution in [2.75, 3.05) is 5.32 Å². The second kappa shape index (κ2) is 7.49. The van der Waals surface area contributed by atoms with Gasteiger partial charge in [0.05, 0.1) is 16.3 Å². The molecule has 4 rings (SSSR count). The first-order valence-corrected chi connectivity index (χ1v) is 9.43. The largest absolute Gasteiger partial charge is 0.319 e. The molecule has 2 aromatic heterocycles. The minimum absolute atomic E-state index is 0.0545. The molecule has 2 heterocycles. The summed E-state index contributed by atoms with van der Waals surface area (Å²) in [6, 6.07) is 15.2. The number of anilines is 1. The number of aryl methyl sites for hydroxylation is 1. The maximum absolute atomic E-state index is 14.2. The zero-order valence-electron chi connectivity index (χ0n) is 14.6. The summed E-state index contributed by atoms with van der Waals surface area (Å²) < 4.78 is 15.7. The third-order valence-corrected chi connectivity index (χ3v) is 5.41. The molecule has 0 bridgehead atoms. The van der Waals surface area contributed by atoms with Crippen LogP contribution in [0.25, 0.3) is 16.1 Å². The Hall–Kier alpha value is -3.10. The average Bonchev–Trinajstić information content (AvgIpc) is 3.33. The maximum atomic E-state index is 14.2. The van der Waals surface area contributed by atoms with Crippen LogP contribution in [0.15, 0.2) is 54.6 Å². The number of benzene rings is 2. The number of hydrogen-bond acceptors (Lipinski definition) is 5. The monoisotopic (exact) mass is 413 g/mol.